The van der Waals surface area contributed by atoms with Gasteiger partial charge in [0.25, 0.3) is 0 Å². The number of hydrogen-bond donors (Lipinski definition) is 4. The lowest BCUT2D eigenvalue weighted by Crippen LogP contribution is -2.25. The quantitative estimate of drug-likeness (QED) is 0.515. The van der Waals surface area contributed by atoms with Gasteiger partial charge in [-0.2, -0.15) is 0 Å². The lowest BCUT2D eigenvalue weighted by Gasteiger charge is -2.12. The van der Waals surface area contributed by atoms with Gasteiger partial charge in [0, 0.05) is 6.04 Å². The first-order valence-electron chi connectivity index (χ1n) is 4.16. The number of aryl methyl sites for hydroxylation is 1. The molecular formula is C8H15N3O2. The molecule has 0 bridgehead atoms. The normalized spacial score (nSPS) is 15.8. The average Bonchev–Trinajstić information content (AvgIpc) is 2.45. The van der Waals surface area contributed by atoms with E-state index in [1.54, 1.807) is 13.8 Å². The Morgan fingerprint density at radius 2 is 2.23 bits per heavy atom. The minimum atomic E-state index is -0.827. The Balaban J connectivity index is 2.98. The van der Waals surface area contributed by atoms with Crippen molar-refractivity contribution in [3.05, 3.63) is 17.2 Å². The third kappa shape index (κ3) is 2.06. The fraction of sp³-hybridized carbons (Fsp3) is 0.625. The fourth-order valence-electron chi connectivity index (χ4n) is 1.17. The first-order chi connectivity index (χ1) is 6.06. The zero-order valence-electron chi connectivity index (χ0n) is 7.78. The molecule has 5 N–H and O–H groups in total. The summed E-state index contributed by atoms with van der Waals surface area (Å²) in [5.41, 5.74) is 6.48. The van der Waals surface area contributed by atoms with Gasteiger partial charge in [-0.05, 0) is 13.8 Å². The smallest absolute Gasteiger partial charge is 0.113 e. The van der Waals surface area contributed by atoms with E-state index in [-0.39, 0.29) is 6.61 Å². The number of nitrogens with two attached hydrogens (primary N) is 1. The van der Waals surface area contributed by atoms with Crippen LogP contribution in [0.25, 0.3) is 0 Å². The molecule has 0 spiro atoms. The molecule has 0 amide bonds. The van der Waals surface area contributed by atoms with E-state index in [4.69, 9.17) is 10.8 Å². The maximum Gasteiger partial charge on any atom is 0.113 e. The summed E-state index contributed by atoms with van der Waals surface area (Å²) >= 11 is 0. The Kier molecular flexibility index (Phi) is 3.02. The summed E-state index contributed by atoms with van der Waals surface area (Å²) in [5.74, 6) is 0.666. The number of rotatable bonds is 3. The van der Waals surface area contributed by atoms with Crippen molar-refractivity contribution in [1.82, 2.24) is 9.97 Å². The molecule has 2 atom stereocenters. The summed E-state index contributed by atoms with van der Waals surface area (Å²) in [6.45, 7) is 3.28. The zero-order valence-corrected chi connectivity index (χ0v) is 7.78. The van der Waals surface area contributed by atoms with E-state index in [1.807, 2.05) is 0 Å². The molecule has 0 saturated heterocycles. The molecule has 0 aliphatic rings. The Morgan fingerprint density at radius 3 is 2.69 bits per heavy atom. The van der Waals surface area contributed by atoms with Gasteiger partial charge in [-0.1, -0.05) is 0 Å². The molecule has 1 heterocycles. The molecule has 0 fully saturated rings. The Hall–Kier alpha value is -0.910. The molecule has 74 valence electrons. The van der Waals surface area contributed by atoms with Gasteiger partial charge >= 0.3 is 0 Å². The SMILES string of the molecule is Cc1nc(C(O)C(C)N)c(CO)[nH]1. The van der Waals surface area contributed by atoms with Gasteiger partial charge in [0.05, 0.1) is 18.0 Å². The minimum Gasteiger partial charge on any atom is -0.390 e. The Morgan fingerprint density at radius 1 is 1.62 bits per heavy atom. The number of nitrogens with zero attached hydrogens (tertiary/aromatic N) is 1. The highest BCUT2D eigenvalue weighted by Gasteiger charge is 2.19. The van der Waals surface area contributed by atoms with Crippen molar-refractivity contribution in [2.24, 2.45) is 5.73 Å². The van der Waals surface area contributed by atoms with Crippen LogP contribution in [0.1, 0.15) is 30.2 Å². The van der Waals surface area contributed by atoms with E-state index < -0.39 is 12.1 Å². The van der Waals surface area contributed by atoms with E-state index in [0.717, 1.165) is 0 Å². The summed E-state index contributed by atoms with van der Waals surface area (Å²) in [5, 5.41) is 18.5. The van der Waals surface area contributed by atoms with Gasteiger partial charge in [0.2, 0.25) is 0 Å². The van der Waals surface area contributed by atoms with Crippen molar-refractivity contribution in [3.8, 4) is 0 Å². The highest BCUT2D eigenvalue weighted by molar-refractivity contribution is 5.17. The third-order valence-corrected chi connectivity index (χ3v) is 1.87. The van der Waals surface area contributed by atoms with Crippen LogP contribution in [0.5, 0.6) is 0 Å². The Labute approximate surface area is 76.6 Å². The fourth-order valence-corrected chi connectivity index (χ4v) is 1.17. The van der Waals surface area contributed by atoms with Crippen LogP contribution in [0.2, 0.25) is 0 Å². The number of aromatic nitrogens is 2. The molecule has 0 aliphatic heterocycles. The van der Waals surface area contributed by atoms with Crippen LogP contribution in [0, 0.1) is 6.92 Å². The maximum atomic E-state index is 9.60. The predicted octanol–water partition coefficient (Wildman–Crippen LogP) is -0.409. The first-order valence-corrected chi connectivity index (χ1v) is 4.16. The van der Waals surface area contributed by atoms with Crippen LogP contribution < -0.4 is 5.73 Å². The first kappa shape index (κ1) is 10.2. The molecule has 13 heavy (non-hydrogen) atoms. The van der Waals surface area contributed by atoms with Crippen LogP contribution in [0.4, 0.5) is 0 Å². The van der Waals surface area contributed by atoms with Crippen LogP contribution in [0.15, 0.2) is 0 Å². The molecule has 5 heteroatoms. The lowest BCUT2D eigenvalue weighted by atomic mass is 10.1. The van der Waals surface area contributed by atoms with Gasteiger partial charge in [0.15, 0.2) is 0 Å². The summed E-state index contributed by atoms with van der Waals surface area (Å²) in [7, 11) is 0. The van der Waals surface area contributed by atoms with E-state index in [2.05, 4.69) is 9.97 Å². The second-order valence-corrected chi connectivity index (χ2v) is 3.15. The van der Waals surface area contributed by atoms with E-state index in [9.17, 15) is 5.11 Å². The van der Waals surface area contributed by atoms with Crippen molar-refractivity contribution in [3.63, 3.8) is 0 Å². The highest BCUT2D eigenvalue weighted by atomic mass is 16.3. The van der Waals surface area contributed by atoms with E-state index >= 15 is 0 Å². The van der Waals surface area contributed by atoms with E-state index in [0.29, 0.717) is 17.2 Å². The summed E-state index contributed by atoms with van der Waals surface area (Å²) in [6, 6.07) is -0.395. The van der Waals surface area contributed by atoms with Gasteiger partial charge in [-0.15, -0.1) is 0 Å². The van der Waals surface area contributed by atoms with Crippen molar-refractivity contribution in [1.29, 1.82) is 0 Å². The van der Waals surface area contributed by atoms with E-state index in [1.165, 1.54) is 0 Å². The standard InChI is InChI=1S/C8H15N3O2/c1-4(9)8(13)7-6(3-12)10-5(2)11-7/h4,8,12-13H,3,9H2,1-2H3,(H,10,11). The van der Waals surface area contributed by atoms with Crippen molar-refractivity contribution in [2.75, 3.05) is 0 Å². The molecule has 0 aliphatic carbocycles. The molecule has 0 saturated carbocycles. The summed E-state index contributed by atoms with van der Waals surface area (Å²) in [6.07, 6.45) is -0.827. The third-order valence-electron chi connectivity index (χ3n) is 1.87. The molecule has 1 aromatic heterocycles. The summed E-state index contributed by atoms with van der Waals surface area (Å²) in [4.78, 5) is 6.91. The van der Waals surface area contributed by atoms with Crippen molar-refractivity contribution in [2.45, 2.75) is 32.6 Å². The number of aromatic amines is 1. The number of aliphatic hydroxyl groups is 2. The topological polar surface area (TPSA) is 95.2 Å². The second-order valence-electron chi connectivity index (χ2n) is 3.15. The van der Waals surface area contributed by atoms with Gasteiger partial charge in [-0.25, -0.2) is 4.98 Å². The van der Waals surface area contributed by atoms with Crippen LogP contribution in [-0.2, 0) is 6.61 Å². The zero-order chi connectivity index (χ0) is 10.0. The number of aliphatic hydroxyl groups excluding tert-OH is 2. The van der Waals surface area contributed by atoms with Crippen LogP contribution in [-0.4, -0.2) is 26.2 Å². The number of hydrogen-bond acceptors (Lipinski definition) is 4. The highest BCUT2D eigenvalue weighted by Crippen LogP contribution is 2.17. The molecule has 0 aromatic carbocycles. The van der Waals surface area contributed by atoms with Crippen molar-refractivity contribution >= 4 is 0 Å². The average molecular weight is 185 g/mol. The molecule has 1 rings (SSSR count). The molecule has 2 unspecified atom stereocenters. The van der Waals surface area contributed by atoms with Gasteiger partial charge < -0.3 is 20.9 Å². The van der Waals surface area contributed by atoms with Crippen LogP contribution >= 0.6 is 0 Å². The minimum absolute atomic E-state index is 0.167. The van der Waals surface area contributed by atoms with Crippen molar-refractivity contribution < 1.29 is 10.2 Å². The number of H-pyrrole nitrogens is 1. The van der Waals surface area contributed by atoms with Gasteiger partial charge in [0.1, 0.15) is 11.9 Å². The molecule has 0 radical (unpaired) electrons. The number of nitrogens with one attached hydrogen (secondary N) is 1. The maximum absolute atomic E-state index is 9.60. The van der Waals surface area contributed by atoms with Crippen LogP contribution in [0.3, 0.4) is 0 Å². The second kappa shape index (κ2) is 3.87. The number of imidazole rings is 1. The summed E-state index contributed by atoms with van der Waals surface area (Å²) < 4.78 is 0. The molecular weight excluding hydrogens is 170 g/mol. The monoisotopic (exact) mass is 185 g/mol. The predicted molar refractivity (Wildman–Crippen MR) is 47.9 cm³/mol. The van der Waals surface area contributed by atoms with Gasteiger partial charge in [-0.3, -0.25) is 0 Å². The molecule has 1 aromatic rings. The largest absolute Gasteiger partial charge is 0.390 e. The Bertz CT molecular complexity index is 283. The molecule has 5 nitrogen and oxygen atoms in total. The lowest BCUT2D eigenvalue weighted by molar-refractivity contribution is 0.145.